The van der Waals surface area contributed by atoms with Crippen LogP contribution in [0.3, 0.4) is 0 Å². The van der Waals surface area contributed by atoms with Crippen LogP contribution in [0.4, 0.5) is 5.82 Å². The van der Waals surface area contributed by atoms with Crippen LogP contribution in [0.2, 0.25) is 0 Å². The molecule has 2 rings (SSSR count). The van der Waals surface area contributed by atoms with E-state index in [0.717, 1.165) is 11.3 Å². The van der Waals surface area contributed by atoms with Crippen LogP contribution in [-0.2, 0) is 0 Å². The number of nitrogen functional groups attached to an aromatic ring is 1. The third-order valence-electron chi connectivity index (χ3n) is 2.16. The molecule has 0 atom stereocenters. The fourth-order valence-electron chi connectivity index (χ4n) is 1.37. The lowest BCUT2D eigenvalue weighted by Gasteiger charge is -2.02. The number of nitrogens with zero attached hydrogens (tertiary/aromatic N) is 1. The van der Waals surface area contributed by atoms with E-state index in [1.54, 1.807) is 17.8 Å². The van der Waals surface area contributed by atoms with Crippen LogP contribution in [0.15, 0.2) is 47.4 Å². The summed E-state index contributed by atoms with van der Waals surface area (Å²) in [6.07, 6.45) is 2.06. The predicted octanol–water partition coefficient (Wildman–Crippen LogP) is 3.05. The van der Waals surface area contributed by atoms with Crippen LogP contribution in [-0.4, -0.2) is 11.2 Å². The van der Waals surface area contributed by atoms with Crippen LogP contribution in [0.5, 0.6) is 0 Å². The maximum atomic E-state index is 5.64. The van der Waals surface area contributed by atoms with Gasteiger partial charge < -0.3 is 5.73 Å². The molecular weight excluding hydrogens is 204 g/mol. The van der Waals surface area contributed by atoms with Crippen molar-refractivity contribution in [2.75, 3.05) is 12.0 Å². The van der Waals surface area contributed by atoms with Crippen molar-refractivity contribution in [2.24, 2.45) is 0 Å². The molecule has 2 nitrogen and oxygen atoms in total. The van der Waals surface area contributed by atoms with Crippen LogP contribution >= 0.6 is 11.8 Å². The summed E-state index contributed by atoms with van der Waals surface area (Å²) in [5, 5.41) is 0. The topological polar surface area (TPSA) is 38.9 Å². The third-order valence-corrected chi connectivity index (χ3v) is 2.90. The summed E-state index contributed by atoms with van der Waals surface area (Å²) in [6, 6.07) is 14.0. The maximum absolute atomic E-state index is 5.64. The summed E-state index contributed by atoms with van der Waals surface area (Å²) in [5.41, 5.74) is 7.65. The van der Waals surface area contributed by atoms with Gasteiger partial charge in [-0.3, -0.25) is 0 Å². The third kappa shape index (κ3) is 2.30. The highest BCUT2D eigenvalue weighted by atomic mass is 32.2. The summed E-state index contributed by atoms with van der Waals surface area (Å²) >= 11 is 1.73. The molecule has 0 saturated heterocycles. The first-order valence-corrected chi connectivity index (χ1v) is 5.89. The number of nitrogens with two attached hydrogens (primary N) is 1. The standard InChI is InChI=1S/C12H12N2S/c1-15-10-7-5-9(6-8-10)11-3-2-4-12(13)14-11/h2-8H,1H3,(H2,13,14). The van der Waals surface area contributed by atoms with E-state index >= 15 is 0 Å². The van der Waals surface area contributed by atoms with Crippen molar-refractivity contribution < 1.29 is 0 Å². The lowest BCUT2D eigenvalue weighted by atomic mass is 10.1. The predicted molar refractivity (Wildman–Crippen MR) is 65.9 cm³/mol. The van der Waals surface area contributed by atoms with Crippen molar-refractivity contribution in [2.45, 2.75) is 4.90 Å². The van der Waals surface area contributed by atoms with Crippen molar-refractivity contribution in [3.8, 4) is 11.3 Å². The minimum atomic E-state index is 0.557. The molecular formula is C12H12N2S. The van der Waals surface area contributed by atoms with Gasteiger partial charge in [-0.05, 0) is 30.5 Å². The van der Waals surface area contributed by atoms with Gasteiger partial charge in [0.1, 0.15) is 5.82 Å². The van der Waals surface area contributed by atoms with Gasteiger partial charge in [0.2, 0.25) is 0 Å². The Morgan fingerprint density at radius 3 is 2.40 bits per heavy atom. The number of rotatable bonds is 2. The molecule has 2 N–H and O–H groups in total. The Labute approximate surface area is 93.5 Å². The normalized spacial score (nSPS) is 10.2. The van der Waals surface area contributed by atoms with Gasteiger partial charge in [-0.25, -0.2) is 4.98 Å². The highest BCUT2D eigenvalue weighted by Gasteiger charge is 1.99. The Bertz CT molecular complexity index is 451. The number of hydrogen-bond donors (Lipinski definition) is 1. The van der Waals surface area contributed by atoms with E-state index in [-0.39, 0.29) is 0 Å². The number of aromatic nitrogens is 1. The zero-order valence-electron chi connectivity index (χ0n) is 8.47. The number of hydrogen-bond acceptors (Lipinski definition) is 3. The Morgan fingerprint density at radius 1 is 1.07 bits per heavy atom. The number of benzene rings is 1. The van der Waals surface area contributed by atoms with Crippen LogP contribution in [0.25, 0.3) is 11.3 Å². The first-order chi connectivity index (χ1) is 7.29. The molecule has 0 amide bonds. The summed E-state index contributed by atoms with van der Waals surface area (Å²) in [5.74, 6) is 0.557. The Morgan fingerprint density at radius 2 is 1.80 bits per heavy atom. The highest BCUT2D eigenvalue weighted by Crippen LogP contribution is 2.21. The van der Waals surface area contributed by atoms with Crippen molar-refractivity contribution in [3.63, 3.8) is 0 Å². The highest BCUT2D eigenvalue weighted by molar-refractivity contribution is 7.98. The van der Waals surface area contributed by atoms with Crippen molar-refractivity contribution in [3.05, 3.63) is 42.5 Å². The lowest BCUT2D eigenvalue weighted by Crippen LogP contribution is -1.91. The molecule has 0 bridgehead atoms. The number of thioether (sulfide) groups is 1. The van der Waals surface area contributed by atoms with E-state index in [9.17, 15) is 0 Å². The zero-order valence-corrected chi connectivity index (χ0v) is 9.29. The van der Waals surface area contributed by atoms with E-state index < -0.39 is 0 Å². The number of anilines is 1. The SMILES string of the molecule is CSc1ccc(-c2cccc(N)n2)cc1. The molecule has 1 heterocycles. The van der Waals surface area contributed by atoms with Gasteiger partial charge in [0.25, 0.3) is 0 Å². The first kappa shape index (κ1) is 10.1. The average molecular weight is 216 g/mol. The monoisotopic (exact) mass is 216 g/mol. The van der Waals surface area contributed by atoms with Crippen molar-refractivity contribution >= 4 is 17.6 Å². The minimum absolute atomic E-state index is 0.557. The molecule has 0 aliphatic carbocycles. The van der Waals surface area contributed by atoms with Gasteiger partial charge >= 0.3 is 0 Å². The molecule has 3 heteroatoms. The summed E-state index contributed by atoms with van der Waals surface area (Å²) in [6.45, 7) is 0. The Kier molecular flexibility index (Phi) is 2.92. The molecule has 0 saturated carbocycles. The second-order valence-electron chi connectivity index (χ2n) is 3.18. The van der Waals surface area contributed by atoms with Crippen LogP contribution in [0, 0.1) is 0 Å². The molecule has 0 aliphatic heterocycles. The van der Waals surface area contributed by atoms with Crippen molar-refractivity contribution in [1.82, 2.24) is 4.98 Å². The molecule has 0 unspecified atom stereocenters. The largest absolute Gasteiger partial charge is 0.384 e. The van der Waals surface area contributed by atoms with Crippen LogP contribution < -0.4 is 5.73 Å². The van der Waals surface area contributed by atoms with E-state index in [0.29, 0.717) is 5.82 Å². The zero-order chi connectivity index (χ0) is 10.7. The molecule has 0 spiro atoms. The van der Waals surface area contributed by atoms with E-state index in [1.165, 1.54) is 4.90 Å². The quantitative estimate of drug-likeness (QED) is 0.784. The fourth-order valence-corrected chi connectivity index (χ4v) is 1.78. The van der Waals surface area contributed by atoms with Gasteiger partial charge in [0, 0.05) is 10.5 Å². The Hall–Kier alpha value is -1.48. The van der Waals surface area contributed by atoms with Gasteiger partial charge in [0.15, 0.2) is 0 Å². The van der Waals surface area contributed by atoms with E-state index in [1.807, 2.05) is 12.1 Å². The molecule has 76 valence electrons. The maximum Gasteiger partial charge on any atom is 0.124 e. The summed E-state index contributed by atoms with van der Waals surface area (Å²) in [7, 11) is 0. The molecule has 15 heavy (non-hydrogen) atoms. The van der Waals surface area contributed by atoms with Gasteiger partial charge in [-0.2, -0.15) is 0 Å². The summed E-state index contributed by atoms with van der Waals surface area (Å²) in [4.78, 5) is 5.52. The second-order valence-corrected chi connectivity index (χ2v) is 4.06. The second kappa shape index (κ2) is 4.36. The Balaban J connectivity index is 2.37. The van der Waals surface area contributed by atoms with Crippen LogP contribution in [0.1, 0.15) is 0 Å². The van der Waals surface area contributed by atoms with Crippen molar-refractivity contribution in [1.29, 1.82) is 0 Å². The minimum Gasteiger partial charge on any atom is -0.384 e. The summed E-state index contributed by atoms with van der Waals surface area (Å²) < 4.78 is 0. The fraction of sp³-hybridized carbons (Fsp3) is 0.0833. The molecule has 0 aliphatic rings. The van der Waals surface area contributed by atoms with Gasteiger partial charge in [0.05, 0.1) is 5.69 Å². The van der Waals surface area contributed by atoms with Gasteiger partial charge in [-0.15, -0.1) is 11.8 Å². The molecule has 1 aromatic carbocycles. The number of pyridine rings is 1. The van der Waals surface area contributed by atoms with Gasteiger partial charge in [-0.1, -0.05) is 18.2 Å². The smallest absolute Gasteiger partial charge is 0.124 e. The average Bonchev–Trinajstić information content (AvgIpc) is 2.29. The van der Waals surface area contributed by atoms with E-state index in [2.05, 4.69) is 35.5 Å². The lowest BCUT2D eigenvalue weighted by molar-refractivity contribution is 1.32. The van der Waals surface area contributed by atoms with E-state index in [4.69, 9.17) is 5.73 Å². The molecule has 1 aromatic heterocycles. The molecule has 0 radical (unpaired) electrons. The first-order valence-electron chi connectivity index (χ1n) is 4.66. The molecule has 0 fully saturated rings. The molecule has 2 aromatic rings.